The van der Waals surface area contributed by atoms with Crippen molar-refractivity contribution in [1.29, 1.82) is 5.26 Å². The molecular weight excluding hydrogens is 251 g/mol. The summed E-state index contributed by atoms with van der Waals surface area (Å²) in [6.07, 6.45) is 0. The molecule has 0 aliphatic carbocycles. The van der Waals surface area contributed by atoms with E-state index in [0.717, 1.165) is 5.69 Å². The smallest absolute Gasteiger partial charge is 0.123 e. The second-order valence-electron chi connectivity index (χ2n) is 3.78. The van der Waals surface area contributed by atoms with Crippen LogP contribution in [0.1, 0.15) is 5.56 Å². The molecule has 2 aromatic carbocycles. The summed E-state index contributed by atoms with van der Waals surface area (Å²) in [6, 6.07) is 13.4. The molecule has 0 atom stereocenters. The van der Waals surface area contributed by atoms with Crippen molar-refractivity contribution in [2.75, 3.05) is 11.9 Å². The van der Waals surface area contributed by atoms with E-state index in [1.165, 1.54) is 12.1 Å². The fourth-order valence-electron chi connectivity index (χ4n) is 1.71. The van der Waals surface area contributed by atoms with Gasteiger partial charge in [0, 0.05) is 12.7 Å². The zero-order valence-corrected chi connectivity index (χ0v) is 10.4. The van der Waals surface area contributed by atoms with Crippen molar-refractivity contribution in [3.05, 3.63) is 58.9 Å². The fourth-order valence-corrected chi connectivity index (χ4v) is 1.92. The Kier molecular flexibility index (Phi) is 3.50. The third kappa shape index (κ3) is 2.29. The Balaban J connectivity index is 2.46. The molecule has 0 saturated heterocycles. The second-order valence-corrected chi connectivity index (χ2v) is 4.19. The van der Waals surface area contributed by atoms with E-state index in [-0.39, 0.29) is 5.82 Å². The van der Waals surface area contributed by atoms with E-state index < -0.39 is 0 Å². The summed E-state index contributed by atoms with van der Waals surface area (Å²) in [5, 5.41) is 9.52. The molecule has 0 aromatic heterocycles. The maximum Gasteiger partial charge on any atom is 0.123 e. The zero-order valence-electron chi connectivity index (χ0n) is 9.69. The van der Waals surface area contributed by atoms with Gasteiger partial charge in [-0.2, -0.15) is 5.26 Å². The zero-order chi connectivity index (χ0) is 13.1. The standard InChI is InChI=1S/C14H10ClFN2/c1-18(11-7-5-10(16)6-8-11)14-4-2-3-13(15)12(14)9-17/h2-8H,1H3. The van der Waals surface area contributed by atoms with Gasteiger partial charge in [0.2, 0.25) is 0 Å². The largest absolute Gasteiger partial charge is 0.343 e. The van der Waals surface area contributed by atoms with Crippen molar-refractivity contribution < 1.29 is 4.39 Å². The summed E-state index contributed by atoms with van der Waals surface area (Å²) in [5.41, 5.74) is 1.89. The van der Waals surface area contributed by atoms with Crippen LogP contribution in [0.15, 0.2) is 42.5 Å². The number of nitrogens with zero attached hydrogens (tertiary/aromatic N) is 2. The van der Waals surface area contributed by atoms with Gasteiger partial charge >= 0.3 is 0 Å². The minimum atomic E-state index is -0.293. The summed E-state index contributed by atoms with van der Waals surface area (Å²) in [4.78, 5) is 1.80. The van der Waals surface area contributed by atoms with Gasteiger partial charge in [0.25, 0.3) is 0 Å². The van der Waals surface area contributed by atoms with Gasteiger partial charge in [-0.05, 0) is 36.4 Å². The number of benzene rings is 2. The van der Waals surface area contributed by atoms with Crippen molar-refractivity contribution in [2.45, 2.75) is 0 Å². The van der Waals surface area contributed by atoms with Gasteiger partial charge in [-0.3, -0.25) is 0 Å². The molecule has 18 heavy (non-hydrogen) atoms. The highest BCUT2D eigenvalue weighted by Crippen LogP contribution is 2.30. The van der Waals surface area contributed by atoms with Gasteiger partial charge in [-0.15, -0.1) is 0 Å². The Labute approximate surface area is 110 Å². The van der Waals surface area contributed by atoms with Gasteiger partial charge in [-0.25, -0.2) is 4.39 Å². The minimum absolute atomic E-state index is 0.293. The van der Waals surface area contributed by atoms with Crippen LogP contribution in [-0.4, -0.2) is 7.05 Å². The monoisotopic (exact) mass is 260 g/mol. The summed E-state index contributed by atoms with van der Waals surface area (Å²) in [6.45, 7) is 0. The highest BCUT2D eigenvalue weighted by atomic mass is 35.5. The first-order valence-electron chi connectivity index (χ1n) is 5.31. The molecule has 0 aliphatic heterocycles. The van der Waals surface area contributed by atoms with Crippen LogP contribution in [0.25, 0.3) is 0 Å². The van der Waals surface area contributed by atoms with E-state index >= 15 is 0 Å². The molecule has 2 rings (SSSR count). The lowest BCUT2D eigenvalue weighted by molar-refractivity contribution is 0.628. The molecule has 0 aliphatic rings. The van der Waals surface area contributed by atoms with Gasteiger partial charge in [-0.1, -0.05) is 17.7 Å². The Morgan fingerprint density at radius 2 is 1.83 bits per heavy atom. The lowest BCUT2D eigenvalue weighted by Gasteiger charge is -2.21. The van der Waals surface area contributed by atoms with E-state index in [4.69, 9.17) is 16.9 Å². The van der Waals surface area contributed by atoms with Crippen molar-refractivity contribution in [3.8, 4) is 6.07 Å². The summed E-state index contributed by atoms with van der Waals surface area (Å²) in [7, 11) is 1.81. The van der Waals surface area contributed by atoms with E-state index in [0.29, 0.717) is 16.3 Å². The van der Waals surface area contributed by atoms with Crippen molar-refractivity contribution in [1.82, 2.24) is 0 Å². The molecule has 4 heteroatoms. The van der Waals surface area contributed by atoms with Crippen LogP contribution >= 0.6 is 11.6 Å². The average molecular weight is 261 g/mol. The number of anilines is 2. The fraction of sp³-hybridized carbons (Fsp3) is 0.0714. The van der Waals surface area contributed by atoms with Gasteiger partial charge in [0.15, 0.2) is 0 Å². The van der Waals surface area contributed by atoms with Crippen molar-refractivity contribution >= 4 is 23.0 Å². The SMILES string of the molecule is CN(c1ccc(F)cc1)c1cccc(Cl)c1C#N. The Bertz CT molecular complexity index is 602. The minimum Gasteiger partial charge on any atom is -0.343 e. The molecule has 0 amide bonds. The third-order valence-electron chi connectivity index (χ3n) is 2.68. The number of rotatable bonds is 2. The van der Waals surface area contributed by atoms with Gasteiger partial charge in [0.1, 0.15) is 11.9 Å². The molecule has 0 saturated carbocycles. The van der Waals surface area contributed by atoms with Crippen LogP contribution in [0.4, 0.5) is 15.8 Å². The lowest BCUT2D eigenvalue weighted by Crippen LogP contribution is -2.11. The molecule has 0 radical (unpaired) electrons. The van der Waals surface area contributed by atoms with E-state index in [9.17, 15) is 4.39 Å². The topological polar surface area (TPSA) is 27.0 Å². The predicted molar refractivity (Wildman–Crippen MR) is 70.6 cm³/mol. The first kappa shape index (κ1) is 12.4. The van der Waals surface area contributed by atoms with Gasteiger partial charge < -0.3 is 4.90 Å². The summed E-state index contributed by atoms with van der Waals surface area (Å²) < 4.78 is 12.9. The van der Waals surface area contributed by atoms with Crippen molar-refractivity contribution in [2.24, 2.45) is 0 Å². The van der Waals surface area contributed by atoms with E-state index in [1.54, 1.807) is 42.3 Å². The maximum atomic E-state index is 12.9. The van der Waals surface area contributed by atoms with Crippen LogP contribution in [-0.2, 0) is 0 Å². The molecule has 90 valence electrons. The van der Waals surface area contributed by atoms with Gasteiger partial charge in [0.05, 0.1) is 16.3 Å². The molecule has 0 heterocycles. The van der Waals surface area contributed by atoms with Crippen molar-refractivity contribution in [3.63, 3.8) is 0 Å². The quantitative estimate of drug-likeness (QED) is 0.812. The molecular formula is C14H10ClFN2. The molecule has 0 bridgehead atoms. The van der Waals surface area contributed by atoms with Crippen LogP contribution in [0.3, 0.4) is 0 Å². The molecule has 0 N–H and O–H groups in total. The Morgan fingerprint density at radius 1 is 1.17 bits per heavy atom. The molecule has 0 fully saturated rings. The van der Waals surface area contributed by atoms with Crippen LogP contribution < -0.4 is 4.90 Å². The van der Waals surface area contributed by atoms with Crippen LogP contribution in [0, 0.1) is 17.1 Å². The second kappa shape index (κ2) is 5.07. The first-order valence-corrected chi connectivity index (χ1v) is 5.69. The molecule has 2 aromatic rings. The lowest BCUT2D eigenvalue weighted by atomic mass is 10.1. The normalized spacial score (nSPS) is 9.89. The number of hydrogen-bond donors (Lipinski definition) is 0. The molecule has 0 unspecified atom stereocenters. The summed E-state index contributed by atoms with van der Waals surface area (Å²) >= 11 is 5.98. The first-order chi connectivity index (χ1) is 8.63. The number of halogens is 2. The van der Waals surface area contributed by atoms with Crippen LogP contribution in [0.2, 0.25) is 5.02 Å². The highest BCUT2D eigenvalue weighted by molar-refractivity contribution is 6.32. The third-order valence-corrected chi connectivity index (χ3v) is 2.99. The van der Waals surface area contributed by atoms with E-state index in [1.807, 2.05) is 0 Å². The highest BCUT2D eigenvalue weighted by Gasteiger charge is 2.11. The Morgan fingerprint density at radius 3 is 2.44 bits per heavy atom. The molecule has 0 spiro atoms. The molecule has 2 nitrogen and oxygen atoms in total. The maximum absolute atomic E-state index is 12.9. The van der Waals surface area contributed by atoms with E-state index in [2.05, 4.69) is 6.07 Å². The number of hydrogen-bond acceptors (Lipinski definition) is 2. The van der Waals surface area contributed by atoms with Crippen LogP contribution in [0.5, 0.6) is 0 Å². The predicted octanol–water partition coefficient (Wildman–Crippen LogP) is 4.12. The summed E-state index contributed by atoms with van der Waals surface area (Å²) in [5.74, 6) is -0.293. The number of nitriles is 1. The average Bonchev–Trinajstić information content (AvgIpc) is 2.38. The Hall–Kier alpha value is -2.05.